The molecule has 1 heterocycles. The van der Waals surface area contributed by atoms with E-state index in [1.165, 1.54) is 0 Å². The molecule has 0 saturated carbocycles. The quantitative estimate of drug-likeness (QED) is 0.833. The average molecular weight is 332 g/mol. The summed E-state index contributed by atoms with van der Waals surface area (Å²) in [6.45, 7) is 7.89. The van der Waals surface area contributed by atoms with Crippen LogP contribution >= 0.6 is 15.9 Å². The van der Waals surface area contributed by atoms with Crippen molar-refractivity contribution >= 4 is 21.9 Å². The van der Waals surface area contributed by atoms with Crippen LogP contribution in [-0.4, -0.2) is 39.3 Å². The molecule has 0 saturated heterocycles. The Morgan fingerprint density at radius 1 is 1.53 bits per heavy atom. The van der Waals surface area contributed by atoms with Gasteiger partial charge < -0.3 is 5.11 Å². The largest absolute Gasteiger partial charge is 0.481 e. The Balaban J connectivity index is 2.81. The fourth-order valence-corrected chi connectivity index (χ4v) is 2.72. The van der Waals surface area contributed by atoms with Gasteiger partial charge in [-0.3, -0.25) is 14.4 Å². The van der Waals surface area contributed by atoms with E-state index in [4.69, 9.17) is 5.11 Å². The van der Waals surface area contributed by atoms with Gasteiger partial charge in [-0.15, -0.1) is 0 Å². The van der Waals surface area contributed by atoms with Crippen molar-refractivity contribution in [3.05, 3.63) is 15.9 Å². The van der Waals surface area contributed by atoms with Crippen molar-refractivity contribution in [1.29, 1.82) is 0 Å². The van der Waals surface area contributed by atoms with E-state index >= 15 is 0 Å². The summed E-state index contributed by atoms with van der Waals surface area (Å²) in [5.41, 5.74) is 2.16. The Kier molecular flexibility index (Phi) is 6.00. The highest BCUT2D eigenvalue weighted by Gasteiger charge is 2.18. The van der Waals surface area contributed by atoms with E-state index in [1.807, 2.05) is 16.6 Å². The van der Waals surface area contributed by atoms with Gasteiger partial charge in [0.15, 0.2) is 0 Å². The maximum Gasteiger partial charge on any atom is 0.307 e. The number of hydrogen-bond donors (Lipinski definition) is 1. The SMILES string of the molecule is CCc1nn(CC)c(CN(C)CC(C)C(=O)O)c1Br. The third-order valence-corrected chi connectivity index (χ3v) is 4.04. The first kappa shape index (κ1) is 16.2. The minimum Gasteiger partial charge on any atom is -0.481 e. The first-order valence-electron chi connectivity index (χ1n) is 6.56. The number of carbonyl (C=O) groups is 1. The van der Waals surface area contributed by atoms with Crippen LogP contribution in [0.3, 0.4) is 0 Å². The summed E-state index contributed by atoms with van der Waals surface area (Å²) in [7, 11) is 1.94. The zero-order valence-electron chi connectivity index (χ0n) is 12.0. The predicted octanol–water partition coefficient (Wildman–Crippen LogP) is 2.38. The van der Waals surface area contributed by atoms with Crippen LogP contribution in [0.5, 0.6) is 0 Å². The molecule has 1 atom stereocenters. The number of rotatable bonds is 7. The van der Waals surface area contributed by atoms with Gasteiger partial charge in [-0.25, -0.2) is 0 Å². The van der Waals surface area contributed by atoms with Gasteiger partial charge in [0, 0.05) is 19.6 Å². The van der Waals surface area contributed by atoms with Gasteiger partial charge in [0.1, 0.15) is 0 Å². The number of hydrogen-bond acceptors (Lipinski definition) is 3. The topological polar surface area (TPSA) is 58.4 Å². The van der Waals surface area contributed by atoms with Crippen LogP contribution in [0.1, 0.15) is 32.2 Å². The number of aromatic nitrogens is 2. The van der Waals surface area contributed by atoms with Gasteiger partial charge in [-0.2, -0.15) is 5.10 Å². The van der Waals surface area contributed by atoms with E-state index in [0.717, 1.165) is 28.8 Å². The standard InChI is InChI=1S/C13H22BrN3O2/c1-5-10-12(14)11(17(6-2)15-10)8-16(4)7-9(3)13(18)19/h9H,5-8H2,1-4H3,(H,18,19). The first-order chi connectivity index (χ1) is 8.90. The minimum absolute atomic E-state index is 0.368. The van der Waals surface area contributed by atoms with Gasteiger partial charge >= 0.3 is 5.97 Å². The molecule has 1 N–H and O–H groups in total. The number of nitrogens with zero attached hydrogens (tertiary/aromatic N) is 3. The summed E-state index contributed by atoms with van der Waals surface area (Å²) >= 11 is 3.60. The number of aliphatic carboxylic acids is 1. The molecular formula is C13H22BrN3O2. The second-order valence-electron chi connectivity index (χ2n) is 4.81. The molecule has 5 nitrogen and oxygen atoms in total. The molecule has 1 aromatic heterocycles. The molecule has 0 aliphatic heterocycles. The van der Waals surface area contributed by atoms with Crippen molar-refractivity contribution in [2.75, 3.05) is 13.6 Å². The smallest absolute Gasteiger partial charge is 0.307 e. The molecule has 0 fully saturated rings. The third kappa shape index (κ3) is 4.04. The molecule has 1 aromatic rings. The molecule has 19 heavy (non-hydrogen) atoms. The zero-order chi connectivity index (χ0) is 14.6. The molecule has 1 rings (SSSR count). The van der Waals surface area contributed by atoms with Crippen molar-refractivity contribution in [1.82, 2.24) is 14.7 Å². The van der Waals surface area contributed by atoms with Crippen LogP contribution in [0.15, 0.2) is 4.47 Å². The lowest BCUT2D eigenvalue weighted by Gasteiger charge is -2.19. The highest BCUT2D eigenvalue weighted by Crippen LogP contribution is 2.23. The zero-order valence-corrected chi connectivity index (χ0v) is 13.6. The molecule has 6 heteroatoms. The van der Waals surface area contributed by atoms with E-state index in [2.05, 4.69) is 34.9 Å². The van der Waals surface area contributed by atoms with E-state index < -0.39 is 5.97 Å². The first-order valence-corrected chi connectivity index (χ1v) is 7.35. The normalized spacial score (nSPS) is 12.9. The summed E-state index contributed by atoms with van der Waals surface area (Å²) in [6, 6.07) is 0. The molecule has 1 unspecified atom stereocenters. The van der Waals surface area contributed by atoms with Crippen LogP contribution < -0.4 is 0 Å². The van der Waals surface area contributed by atoms with Crippen LogP contribution in [0, 0.1) is 5.92 Å². The Hall–Kier alpha value is -0.880. The fourth-order valence-electron chi connectivity index (χ4n) is 2.03. The highest BCUT2D eigenvalue weighted by atomic mass is 79.9. The molecule has 0 radical (unpaired) electrons. The maximum absolute atomic E-state index is 10.9. The number of carboxylic acids is 1. The van der Waals surface area contributed by atoms with Crippen LogP contribution in [0.2, 0.25) is 0 Å². The van der Waals surface area contributed by atoms with Crippen molar-refractivity contribution in [3.8, 4) is 0 Å². The number of carboxylic acid groups (broad SMARTS) is 1. The summed E-state index contributed by atoms with van der Waals surface area (Å²) < 4.78 is 3.02. The summed E-state index contributed by atoms with van der Waals surface area (Å²) in [6.07, 6.45) is 0.885. The summed E-state index contributed by atoms with van der Waals surface area (Å²) in [5.74, 6) is -1.13. The predicted molar refractivity (Wildman–Crippen MR) is 78.1 cm³/mol. The van der Waals surface area contributed by atoms with Gasteiger partial charge in [-0.05, 0) is 36.3 Å². The molecule has 0 aliphatic carbocycles. The Morgan fingerprint density at radius 2 is 2.16 bits per heavy atom. The molecule has 0 amide bonds. The minimum atomic E-state index is -0.760. The van der Waals surface area contributed by atoms with Gasteiger partial charge in [-0.1, -0.05) is 13.8 Å². The molecule has 0 aromatic carbocycles. The molecule has 108 valence electrons. The summed E-state index contributed by atoms with van der Waals surface area (Å²) in [5, 5.41) is 13.5. The summed E-state index contributed by atoms with van der Waals surface area (Å²) in [4.78, 5) is 12.9. The third-order valence-electron chi connectivity index (χ3n) is 3.12. The molecular weight excluding hydrogens is 310 g/mol. The van der Waals surface area contributed by atoms with Crippen LogP contribution in [0.25, 0.3) is 0 Å². The second kappa shape index (κ2) is 7.05. The van der Waals surface area contributed by atoms with Crippen LogP contribution in [0.4, 0.5) is 0 Å². The Labute approximate surface area is 122 Å². The van der Waals surface area contributed by atoms with Crippen molar-refractivity contribution < 1.29 is 9.90 Å². The van der Waals surface area contributed by atoms with E-state index in [0.29, 0.717) is 13.1 Å². The van der Waals surface area contributed by atoms with Gasteiger partial charge in [0.2, 0.25) is 0 Å². The second-order valence-corrected chi connectivity index (χ2v) is 5.61. The van der Waals surface area contributed by atoms with E-state index in [-0.39, 0.29) is 5.92 Å². The Morgan fingerprint density at radius 3 is 2.63 bits per heavy atom. The average Bonchev–Trinajstić information content (AvgIpc) is 2.66. The number of aryl methyl sites for hydroxylation is 2. The van der Waals surface area contributed by atoms with Gasteiger partial charge in [0.05, 0.1) is 21.8 Å². The lowest BCUT2D eigenvalue weighted by atomic mass is 10.1. The highest BCUT2D eigenvalue weighted by molar-refractivity contribution is 9.10. The Bertz CT molecular complexity index is 445. The van der Waals surface area contributed by atoms with Crippen molar-refractivity contribution in [2.45, 2.75) is 40.3 Å². The van der Waals surface area contributed by atoms with E-state index in [9.17, 15) is 4.79 Å². The van der Waals surface area contributed by atoms with Crippen molar-refractivity contribution in [3.63, 3.8) is 0 Å². The lowest BCUT2D eigenvalue weighted by molar-refractivity contribution is -0.141. The maximum atomic E-state index is 10.9. The molecule has 0 aliphatic rings. The fraction of sp³-hybridized carbons (Fsp3) is 0.692. The molecule has 0 spiro atoms. The number of halogens is 1. The van der Waals surface area contributed by atoms with Crippen molar-refractivity contribution in [2.24, 2.45) is 5.92 Å². The lowest BCUT2D eigenvalue weighted by Crippen LogP contribution is -2.29. The van der Waals surface area contributed by atoms with Crippen LogP contribution in [-0.2, 0) is 24.3 Å². The van der Waals surface area contributed by atoms with Gasteiger partial charge in [0.25, 0.3) is 0 Å². The monoisotopic (exact) mass is 331 g/mol. The molecule has 0 bridgehead atoms. The van der Waals surface area contributed by atoms with E-state index in [1.54, 1.807) is 6.92 Å².